The Bertz CT molecular complexity index is 742. The van der Waals surface area contributed by atoms with Crippen LogP contribution in [-0.2, 0) is 16.0 Å². The molecule has 0 saturated carbocycles. The van der Waals surface area contributed by atoms with Gasteiger partial charge in [-0.05, 0) is 43.2 Å². The van der Waals surface area contributed by atoms with Crippen LogP contribution in [0.3, 0.4) is 0 Å². The van der Waals surface area contributed by atoms with Crippen molar-refractivity contribution in [2.24, 2.45) is 5.92 Å². The normalized spacial score (nSPS) is 17.7. The van der Waals surface area contributed by atoms with Crippen LogP contribution in [0.5, 0.6) is 0 Å². The number of halogens is 1. The number of carboxylic acids is 1. The smallest absolute Gasteiger partial charge is 0.308 e. The molecule has 6 nitrogen and oxygen atoms in total. The van der Waals surface area contributed by atoms with Crippen LogP contribution in [0, 0.1) is 11.7 Å². The maximum absolute atomic E-state index is 13.0. The van der Waals surface area contributed by atoms with Crippen LogP contribution in [0.1, 0.15) is 18.5 Å². The van der Waals surface area contributed by atoms with Crippen molar-refractivity contribution >= 4 is 11.9 Å². The van der Waals surface area contributed by atoms with Crippen molar-refractivity contribution in [1.82, 2.24) is 14.7 Å². The first-order valence-corrected chi connectivity index (χ1v) is 7.84. The number of carboxylic acid groups (broad SMARTS) is 1. The second kappa shape index (κ2) is 6.82. The second-order valence-corrected chi connectivity index (χ2v) is 5.92. The Balaban J connectivity index is 1.65. The molecule has 0 bridgehead atoms. The molecular weight excluding hydrogens is 313 g/mol. The molecule has 1 N–H and O–H groups in total. The first-order valence-electron chi connectivity index (χ1n) is 7.84. The lowest BCUT2D eigenvalue weighted by Crippen LogP contribution is -2.43. The largest absolute Gasteiger partial charge is 0.481 e. The van der Waals surface area contributed by atoms with Crippen LogP contribution >= 0.6 is 0 Å². The van der Waals surface area contributed by atoms with Crippen LogP contribution in [-0.4, -0.2) is 44.8 Å². The number of hydrogen-bond donors (Lipinski definition) is 1. The van der Waals surface area contributed by atoms with Gasteiger partial charge in [-0.2, -0.15) is 5.10 Å². The highest BCUT2D eigenvalue weighted by Gasteiger charge is 2.28. The third kappa shape index (κ3) is 3.61. The van der Waals surface area contributed by atoms with E-state index in [4.69, 9.17) is 5.11 Å². The SMILES string of the molecule is O=C(O)[C@H]1CCCN(C(=O)Cc2ccn(-c3ccc(F)cc3)n2)C1. The van der Waals surface area contributed by atoms with Crippen LogP contribution in [0.25, 0.3) is 5.69 Å². The number of amides is 1. The van der Waals surface area contributed by atoms with E-state index in [2.05, 4.69) is 5.10 Å². The van der Waals surface area contributed by atoms with E-state index in [1.54, 1.807) is 34.0 Å². The zero-order chi connectivity index (χ0) is 17.1. The second-order valence-electron chi connectivity index (χ2n) is 5.92. The summed E-state index contributed by atoms with van der Waals surface area (Å²) in [6, 6.07) is 7.65. The summed E-state index contributed by atoms with van der Waals surface area (Å²) in [5.74, 6) is -1.78. The van der Waals surface area contributed by atoms with Gasteiger partial charge in [-0.15, -0.1) is 0 Å². The minimum atomic E-state index is -0.854. The Morgan fingerprint density at radius 2 is 2.00 bits per heavy atom. The molecular formula is C17H18FN3O3. The molecule has 1 amide bonds. The third-order valence-corrected chi connectivity index (χ3v) is 4.19. The van der Waals surface area contributed by atoms with Crippen molar-refractivity contribution in [3.63, 3.8) is 0 Å². The van der Waals surface area contributed by atoms with Crippen molar-refractivity contribution in [3.05, 3.63) is 48.0 Å². The molecule has 0 unspecified atom stereocenters. The standard InChI is InChI=1S/C17H18FN3O3/c18-13-3-5-15(6-4-13)21-9-7-14(19-21)10-16(22)20-8-1-2-12(11-20)17(23)24/h3-7,9,12H,1-2,8,10-11H2,(H,23,24)/t12-/m0/s1. The van der Waals surface area contributed by atoms with Crippen molar-refractivity contribution in [2.75, 3.05) is 13.1 Å². The molecule has 1 saturated heterocycles. The van der Waals surface area contributed by atoms with E-state index in [0.717, 1.165) is 0 Å². The molecule has 7 heteroatoms. The van der Waals surface area contributed by atoms with Gasteiger partial charge in [0.1, 0.15) is 5.82 Å². The maximum atomic E-state index is 13.0. The highest BCUT2D eigenvalue weighted by molar-refractivity contribution is 5.79. The molecule has 1 aromatic carbocycles. The lowest BCUT2D eigenvalue weighted by molar-refractivity contribution is -0.145. The summed E-state index contributed by atoms with van der Waals surface area (Å²) in [6.07, 6.45) is 3.15. The lowest BCUT2D eigenvalue weighted by atomic mass is 9.98. The summed E-state index contributed by atoms with van der Waals surface area (Å²) in [6.45, 7) is 0.841. The summed E-state index contributed by atoms with van der Waals surface area (Å²) >= 11 is 0. The molecule has 2 heterocycles. The van der Waals surface area contributed by atoms with E-state index in [-0.39, 0.29) is 24.7 Å². The van der Waals surface area contributed by atoms with Crippen LogP contribution in [0.2, 0.25) is 0 Å². The molecule has 1 fully saturated rings. The molecule has 0 aliphatic carbocycles. The molecule has 1 aliphatic rings. The van der Waals surface area contributed by atoms with E-state index < -0.39 is 11.9 Å². The molecule has 2 aromatic rings. The average Bonchev–Trinajstić information content (AvgIpc) is 3.04. The highest BCUT2D eigenvalue weighted by Crippen LogP contribution is 2.18. The number of piperidine rings is 1. The number of benzene rings is 1. The molecule has 1 aromatic heterocycles. The van der Waals surface area contributed by atoms with E-state index in [9.17, 15) is 14.0 Å². The average molecular weight is 331 g/mol. The summed E-state index contributed by atoms with van der Waals surface area (Å²) in [5, 5.41) is 13.4. The Kier molecular flexibility index (Phi) is 4.59. The molecule has 24 heavy (non-hydrogen) atoms. The summed E-state index contributed by atoms with van der Waals surface area (Å²) in [7, 11) is 0. The summed E-state index contributed by atoms with van der Waals surface area (Å²) < 4.78 is 14.5. The van der Waals surface area contributed by atoms with Gasteiger partial charge in [-0.25, -0.2) is 9.07 Å². The fraction of sp³-hybridized carbons (Fsp3) is 0.353. The predicted molar refractivity (Wildman–Crippen MR) is 84.2 cm³/mol. The van der Waals surface area contributed by atoms with Gasteiger partial charge in [0.15, 0.2) is 0 Å². The Morgan fingerprint density at radius 1 is 1.25 bits per heavy atom. The van der Waals surface area contributed by atoms with Gasteiger partial charge in [0.05, 0.1) is 23.7 Å². The molecule has 3 rings (SSSR count). The minimum absolute atomic E-state index is 0.120. The van der Waals surface area contributed by atoms with Crippen LogP contribution in [0.15, 0.2) is 36.5 Å². The number of aliphatic carboxylic acids is 1. The zero-order valence-electron chi connectivity index (χ0n) is 13.1. The Hall–Kier alpha value is -2.70. The Morgan fingerprint density at radius 3 is 2.71 bits per heavy atom. The van der Waals surface area contributed by atoms with Crippen molar-refractivity contribution in [1.29, 1.82) is 0 Å². The van der Waals surface area contributed by atoms with Gasteiger partial charge in [0.25, 0.3) is 0 Å². The van der Waals surface area contributed by atoms with Crippen molar-refractivity contribution < 1.29 is 19.1 Å². The van der Waals surface area contributed by atoms with Gasteiger partial charge in [-0.3, -0.25) is 9.59 Å². The number of rotatable bonds is 4. The fourth-order valence-electron chi connectivity index (χ4n) is 2.87. The fourth-order valence-corrected chi connectivity index (χ4v) is 2.87. The number of nitrogens with zero attached hydrogens (tertiary/aromatic N) is 3. The number of likely N-dealkylation sites (tertiary alicyclic amines) is 1. The van der Waals surface area contributed by atoms with E-state index >= 15 is 0 Å². The predicted octanol–water partition coefficient (Wildman–Crippen LogP) is 1.88. The van der Waals surface area contributed by atoms with Crippen molar-refractivity contribution in [3.8, 4) is 5.69 Å². The third-order valence-electron chi connectivity index (χ3n) is 4.19. The van der Waals surface area contributed by atoms with Crippen LogP contribution < -0.4 is 0 Å². The van der Waals surface area contributed by atoms with Gasteiger partial charge in [0.2, 0.25) is 5.91 Å². The van der Waals surface area contributed by atoms with Gasteiger partial charge < -0.3 is 10.0 Å². The molecule has 1 aliphatic heterocycles. The minimum Gasteiger partial charge on any atom is -0.481 e. The maximum Gasteiger partial charge on any atom is 0.308 e. The summed E-state index contributed by atoms with van der Waals surface area (Å²) in [5.41, 5.74) is 1.31. The monoisotopic (exact) mass is 331 g/mol. The molecule has 1 atom stereocenters. The lowest BCUT2D eigenvalue weighted by Gasteiger charge is -2.30. The number of carbonyl (C=O) groups is 2. The van der Waals surface area contributed by atoms with Crippen LogP contribution in [0.4, 0.5) is 4.39 Å². The first kappa shape index (κ1) is 16.2. The van der Waals surface area contributed by atoms with E-state index in [1.807, 2.05) is 0 Å². The highest BCUT2D eigenvalue weighted by atomic mass is 19.1. The summed E-state index contributed by atoms with van der Waals surface area (Å²) in [4.78, 5) is 25.0. The zero-order valence-corrected chi connectivity index (χ0v) is 13.1. The topological polar surface area (TPSA) is 75.4 Å². The molecule has 0 radical (unpaired) electrons. The molecule has 126 valence electrons. The van der Waals surface area contributed by atoms with Gasteiger partial charge >= 0.3 is 5.97 Å². The van der Waals surface area contributed by atoms with E-state index in [0.29, 0.717) is 30.8 Å². The Labute approximate surface area is 138 Å². The first-order chi connectivity index (χ1) is 11.5. The number of carbonyl (C=O) groups excluding carboxylic acids is 1. The number of hydrogen-bond acceptors (Lipinski definition) is 3. The quantitative estimate of drug-likeness (QED) is 0.928. The van der Waals surface area contributed by atoms with Crippen molar-refractivity contribution in [2.45, 2.75) is 19.3 Å². The van der Waals surface area contributed by atoms with Gasteiger partial charge in [-0.1, -0.05) is 0 Å². The number of aromatic nitrogens is 2. The van der Waals surface area contributed by atoms with E-state index in [1.165, 1.54) is 12.1 Å². The molecule has 0 spiro atoms. The van der Waals surface area contributed by atoms with Gasteiger partial charge in [0, 0.05) is 19.3 Å².